The van der Waals surface area contributed by atoms with Crippen LogP contribution in [-0.2, 0) is 17.9 Å². The van der Waals surface area contributed by atoms with Crippen LogP contribution in [0.3, 0.4) is 0 Å². The van der Waals surface area contributed by atoms with E-state index in [1.807, 2.05) is 31.2 Å². The third kappa shape index (κ3) is 5.68. The van der Waals surface area contributed by atoms with Crippen molar-refractivity contribution in [3.05, 3.63) is 82.8 Å². The van der Waals surface area contributed by atoms with Crippen molar-refractivity contribution >= 4 is 23.4 Å². The number of rotatable bonds is 9. The number of ether oxygens (including phenoxy) is 2. The van der Waals surface area contributed by atoms with Crippen LogP contribution in [0.5, 0.6) is 11.5 Å². The average Bonchev–Trinajstić information content (AvgIpc) is 3.49. The summed E-state index contributed by atoms with van der Waals surface area (Å²) in [6, 6.07) is 16.0. The smallest absolute Gasteiger partial charge is 0.254 e. The Kier molecular flexibility index (Phi) is 7.19. The molecule has 2 aromatic carbocycles. The van der Waals surface area contributed by atoms with Crippen LogP contribution in [0, 0.1) is 0 Å². The Morgan fingerprint density at radius 3 is 2.58 bits per heavy atom. The summed E-state index contributed by atoms with van der Waals surface area (Å²) < 4.78 is 16.3. The molecular formula is C25H25ClN2O5. The minimum atomic E-state index is -0.228. The molecule has 0 radical (unpaired) electrons. The van der Waals surface area contributed by atoms with Crippen molar-refractivity contribution < 1.29 is 23.5 Å². The summed E-state index contributed by atoms with van der Waals surface area (Å²) in [7, 11) is 0. The first kappa shape index (κ1) is 22.7. The predicted molar refractivity (Wildman–Crippen MR) is 123 cm³/mol. The van der Waals surface area contributed by atoms with Gasteiger partial charge in [0.2, 0.25) is 12.7 Å². The fraction of sp³-hybridized carbons (Fsp3) is 0.280. The van der Waals surface area contributed by atoms with Crippen LogP contribution in [0.2, 0.25) is 5.02 Å². The van der Waals surface area contributed by atoms with Gasteiger partial charge in [-0.3, -0.25) is 9.59 Å². The minimum absolute atomic E-state index is 0.0511. The number of fused-ring (bicyclic) bond motifs is 1. The van der Waals surface area contributed by atoms with Gasteiger partial charge in [-0.25, -0.2) is 0 Å². The molecule has 0 saturated heterocycles. The molecule has 1 aromatic heterocycles. The molecule has 3 aromatic rings. The van der Waals surface area contributed by atoms with Gasteiger partial charge in [-0.05, 0) is 54.4 Å². The number of hydrogen-bond donors (Lipinski definition) is 0. The molecule has 1 aliphatic heterocycles. The molecule has 0 saturated carbocycles. The molecule has 0 aliphatic carbocycles. The number of carbonyl (C=O) groups is 2. The molecule has 2 amide bonds. The van der Waals surface area contributed by atoms with Crippen LogP contribution in [0.15, 0.2) is 65.3 Å². The lowest BCUT2D eigenvalue weighted by Gasteiger charge is -2.27. The standard InChI is InChI=1S/C25H25ClN2O5/c1-2-10-27(25(30)19-5-3-6-20(26)13-19)16-24(29)28(15-21-7-4-11-31-21)14-18-8-9-22-23(12-18)33-17-32-22/h3-9,11-13H,2,10,14-17H2,1H3. The second-order valence-electron chi connectivity index (χ2n) is 7.75. The lowest BCUT2D eigenvalue weighted by atomic mass is 10.1. The van der Waals surface area contributed by atoms with Crippen molar-refractivity contribution in [3.63, 3.8) is 0 Å². The van der Waals surface area contributed by atoms with Gasteiger partial charge in [0.05, 0.1) is 12.8 Å². The van der Waals surface area contributed by atoms with Gasteiger partial charge in [-0.1, -0.05) is 30.7 Å². The quantitative estimate of drug-likeness (QED) is 0.453. The molecular weight excluding hydrogens is 444 g/mol. The van der Waals surface area contributed by atoms with E-state index in [-0.39, 0.29) is 31.7 Å². The molecule has 33 heavy (non-hydrogen) atoms. The molecule has 2 heterocycles. The Labute approximate surface area is 197 Å². The van der Waals surface area contributed by atoms with Crippen LogP contribution in [0.1, 0.15) is 35.0 Å². The number of carbonyl (C=O) groups excluding carboxylic acids is 2. The Morgan fingerprint density at radius 1 is 0.970 bits per heavy atom. The molecule has 4 rings (SSSR count). The largest absolute Gasteiger partial charge is 0.467 e. The summed E-state index contributed by atoms with van der Waals surface area (Å²) in [5, 5.41) is 0.478. The van der Waals surface area contributed by atoms with Gasteiger partial charge < -0.3 is 23.7 Å². The van der Waals surface area contributed by atoms with E-state index in [0.717, 1.165) is 12.0 Å². The number of halogens is 1. The second-order valence-corrected chi connectivity index (χ2v) is 8.19. The van der Waals surface area contributed by atoms with Crippen molar-refractivity contribution in [1.29, 1.82) is 0 Å². The molecule has 1 aliphatic rings. The molecule has 0 spiro atoms. The predicted octanol–water partition coefficient (Wildman–Crippen LogP) is 4.74. The van der Waals surface area contributed by atoms with Gasteiger partial charge in [0.1, 0.15) is 12.3 Å². The van der Waals surface area contributed by atoms with E-state index in [1.54, 1.807) is 46.4 Å². The van der Waals surface area contributed by atoms with Gasteiger partial charge in [-0.2, -0.15) is 0 Å². The Morgan fingerprint density at radius 2 is 1.82 bits per heavy atom. The first-order valence-electron chi connectivity index (χ1n) is 10.8. The van der Waals surface area contributed by atoms with E-state index in [9.17, 15) is 9.59 Å². The number of amides is 2. The lowest BCUT2D eigenvalue weighted by Crippen LogP contribution is -2.42. The van der Waals surface area contributed by atoms with Crippen molar-refractivity contribution in [2.75, 3.05) is 19.9 Å². The third-order valence-electron chi connectivity index (χ3n) is 5.27. The van der Waals surface area contributed by atoms with E-state index in [4.69, 9.17) is 25.5 Å². The third-order valence-corrected chi connectivity index (χ3v) is 5.50. The van der Waals surface area contributed by atoms with Gasteiger partial charge in [0.15, 0.2) is 11.5 Å². The van der Waals surface area contributed by atoms with Gasteiger partial charge in [0, 0.05) is 23.7 Å². The molecule has 0 fully saturated rings. The highest BCUT2D eigenvalue weighted by Crippen LogP contribution is 2.33. The van der Waals surface area contributed by atoms with E-state index in [1.165, 1.54) is 0 Å². The maximum absolute atomic E-state index is 13.4. The number of nitrogens with zero attached hydrogens (tertiary/aromatic N) is 2. The van der Waals surface area contributed by atoms with Crippen molar-refractivity contribution in [1.82, 2.24) is 9.80 Å². The monoisotopic (exact) mass is 468 g/mol. The van der Waals surface area contributed by atoms with Crippen LogP contribution in [0.4, 0.5) is 0 Å². The van der Waals surface area contributed by atoms with Crippen LogP contribution >= 0.6 is 11.6 Å². The molecule has 7 nitrogen and oxygen atoms in total. The van der Waals surface area contributed by atoms with Crippen LogP contribution in [-0.4, -0.2) is 41.5 Å². The molecule has 0 atom stereocenters. The Balaban J connectivity index is 1.53. The van der Waals surface area contributed by atoms with Crippen LogP contribution < -0.4 is 9.47 Å². The van der Waals surface area contributed by atoms with E-state index < -0.39 is 0 Å². The van der Waals surface area contributed by atoms with Crippen LogP contribution in [0.25, 0.3) is 0 Å². The zero-order valence-electron chi connectivity index (χ0n) is 18.3. The van der Waals surface area contributed by atoms with E-state index in [2.05, 4.69) is 0 Å². The van der Waals surface area contributed by atoms with Crippen molar-refractivity contribution in [2.45, 2.75) is 26.4 Å². The molecule has 0 unspecified atom stereocenters. The maximum Gasteiger partial charge on any atom is 0.254 e. The fourth-order valence-corrected chi connectivity index (χ4v) is 3.86. The Bertz CT molecular complexity index is 1120. The van der Waals surface area contributed by atoms with Crippen molar-refractivity contribution in [2.24, 2.45) is 0 Å². The van der Waals surface area contributed by atoms with Crippen molar-refractivity contribution in [3.8, 4) is 11.5 Å². The summed E-state index contributed by atoms with van der Waals surface area (Å²) in [5.41, 5.74) is 1.35. The first-order valence-corrected chi connectivity index (χ1v) is 11.1. The van der Waals surface area contributed by atoms with E-state index in [0.29, 0.717) is 40.9 Å². The molecule has 0 N–H and O–H groups in total. The normalized spacial score (nSPS) is 11.9. The van der Waals surface area contributed by atoms with Gasteiger partial charge >= 0.3 is 0 Å². The summed E-state index contributed by atoms with van der Waals surface area (Å²) in [4.78, 5) is 29.7. The number of benzene rings is 2. The second kappa shape index (κ2) is 10.4. The maximum atomic E-state index is 13.4. The number of hydrogen-bond acceptors (Lipinski definition) is 5. The zero-order valence-corrected chi connectivity index (χ0v) is 19.1. The number of furan rings is 1. The molecule has 0 bridgehead atoms. The molecule has 172 valence electrons. The highest BCUT2D eigenvalue weighted by molar-refractivity contribution is 6.31. The zero-order chi connectivity index (χ0) is 23.2. The van der Waals surface area contributed by atoms with Gasteiger partial charge in [-0.15, -0.1) is 0 Å². The highest BCUT2D eigenvalue weighted by atomic mass is 35.5. The SMILES string of the molecule is CCCN(CC(=O)N(Cc1ccc2c(c1)OCO2)Cc1ccco1)C(=O)c1cccc(Cl)c1. The topological polar surface area (TPSA) is 72.2 Å². The average molecular weight is 469 g/mol. The fourth-order valence-electron chi connectivity index (χ4n) is 3.67. The minimum Gasteiger partial charge on any atom is -0.467 e. The Hall–Kier alpha value is -3.45. The summed E-state index contributed by atoms with van der Waals surface area (Å²) in [5.74, 6) is 1.58. The summed E-state index contributed by atoms with van der Waals surface area (Å²) >= 11 is 6.06. The summed E-state index contributed by atoms with van der Waals surface area (Å²) in [6.45, 7) is 3.18. The van der Waals surface area contributed by atoms with E-state index >= 15 is 0 Å². The lowest BCUT2D eigenvalue weighted by molar-refractivity contribution is -0.133. The highest BCUT2D eigenvalue weighted by Gasteiger charge is 2.24. The molecule has 8 heteroatoms. The van der Waals surface area contributed by atoms with Gasteiger partial charge in [0.25, 0.3) is 5.91 Å². The first-order chi connectivity index (χ1) is 16.0. The summed E-state index contributed by atoms with van der Waals surface area (Å²) in [6.07, 6.45) is 2.30.